The number of methoxy groups -OCH3 is 1. The number of hydrogen-bond acceptors (Lipinski definition) is 3. The molecule has 2 atom stereocenters. The fourth-order valence-electron chi connectivity index (χ4n) is 4.08. The van der Waals surface area contributed by atoms with Crippen molar-refractivity contribution >= 4 is 17.5 Å². The number of aryl methyl sites for hydroxylation is 1. The zero-order valence-corrected chi connectivity index (χ0v) is 16.2. The van der Waals surface area contributed by atoms with E-state index in [1.807, 2.05) is 47.4 Å². The summed E-state index contributed by atoms with van der Waals surface area (Å²) >= 11 is 0. The Morgan fingerprint density at radius 3 is 2.75 bits per heavy atom. The summed E-state index contributed by atoms with van der Waals surface area (Å²) < 4.78 is 5.34. The van der Waals surface area contributed by atoms with Crippen LogP contribution in [0.25, 0.3) is 0 Å². The molecule has 5 nitrogen and oxygen atoms in total. The molecule has 0 bridgehead atoms. The normalized spacial score (nSPS) is 20.2. The fraction of sp³-hybridized carbons (Fsp3) is 0.391. The van der Waals surface area contributed by atoms with Gasteiger partial charge in [-0.15, -0.1) is 0 Å². The van der Waals surface area contributed by atoms with E-state index >= 15 is 0 Å². The van der Waals surface area contributed by atoms with Gasteiger partial charge in [0.05, 0.1) is 18.9 Å². The van der Waals surface area contributed by atoms with Crippen molar-refractivity contribution in [3.05, 3.63) is 59.7 Å². The van der Waals surface area contributed by atoms with E-state index in [2.05, 4.69) is 11.4 Å². The van der Waals surface area contributed by atoms with Crippen LogP contribution in [0.2, 0.25) is 0 Å². The smallest absolute Gasteiger partial charge is 0.230 e. The van der Waals surface area contributed by atoms with Gasteiger partial charge < -0.3 is 15.0 Å². The molecule has 1 aliphatic carbocycles. The number of amides is 2. The molecule has 2 amide bonds. The number of hydrogen-bond donors (Lipinski definition) is 1. The van der Waals surface area contributed by atoms with Gasteiger partial charge in [-0.05, 0) is 48.9 Å². The molecule has 5 heteroatoms. The molecule has 2 aromatic carbocycles. The Bertz CT molecular complexity index is 880. The summed E-state index contributed by atoms with van der Waals surface area (Å²) in [7, 11) is 1.65. The monoisotopic (exact) mass is 378 g/mol. The SMILES string of the molecule is COc1ccccc1CCNC(=O)C1CC1C(=O)N1CCCc2ccccc21. The van der Waals surface area contributed by atoms with Crippen molar-refractivity contribution in [2.45, 2.75) is 25.7 Å². The first kappa shape index (κ1) is 18.5. The first-order valence-electron chi connectivity index (χ1n) is 9.98. The lowest BCUT2D eigenvalue weighted by Gasteiger charge is -2.29. The van der Waals surface area contributed by atoms with E-state index in [0.29, 0.717) is 19.4 Å². The third-order valence-electron chi connectivity index (χ3n) is 5.71. The van der Waals surface area contributed by atoms with Gasteiger partial charge in [0.1, 0.15) is 5.75 Å². The average molecular weight is 378 g/mol. The molecule has 1 fully saturated rings. The van der Waals surface area contributed by atoms with Crippen molar-refractivity contribution in [3.8, 4) is 5.75 Å². The molecule has 1 aliphatic heterocycles. The lowest BCUT2D eigenvalue weighted by Crippen LogP contribution is -2.38. The van der Waals surface area contributed by atoms with E-state index < -0.39 is 0 Å². The van der Waals surface area contributed by atoms with E-state index in [-0.39, 0.29) is 23.7 Å². The summed E-state index contributed by atoms with van der Waals surface area (Å²) in [6.45, 7) is 1.29. The maximum atomic E-state index is 12.9. The Morgan fingerprint density at radius 1 is 1.11 bits per heavy atom. The Hall–Kier alpha value is -2.82. The molecule has 1 N–H and O–H groups in total. The van der Waals surface area contributed by atoms with Gasteiger partial charge in [-0.3, -0.25) is 9.59 Å². The Labute approximate surface area is 165 Å². The lowest BCUT2D eigenvalue weighted by atomic mass is 10.0. The van der Waals surface area contributed by atoms with E-state index in [4.69, 9.17) is 4.74 Å². The highest BCUT2D eigenvalue weighted by Crippen LogP contribution is 2.42. The number of para-hydroxylation sites is 2. The standard InChI is InChI=1S/C23H26N2O3/c1-28-21-11-5-3-8-17(21)12-13-24-22(26)18-15-19(18)23(27)25-14-6-9-16-7-2-4-10-20(16)25/h2-5,7-8,10-11,18-19H,6,9,12-15H2,1H3,(H,24,26). The zero-order chi connectivity index (χ0) is 19.5. The van der Waals surface area contributed by atoms with Gasteiger partial charge in [-0.1, -0.05) is 36.4 Å². The third kappa shape index (κ3) is 3.75. The Kier molecular flexibility index (Phi) is 5.33. The molecule has 0 radical (unpaired) electrons. The van der Waals surface area contributed by atoms with E-state index in [1.165, 1.54) is 5.56 Å². The molecule has 28 heavy (non-hydrogen) atoms. The van der Waals surface area contributed by atoms with Gasteiger partial charge in [0.2, 0.25) is 11.8 Å². The summed E-state index contributed by atoms with van der Waals surface area (Å²) in [6, 6.07) is 15.9. The Morgan fingerprint density at radius 2 is 1.89 bits per heavy atom. The number of ether oxygens (including phenoxy) is 1. The highest BCUT2D eigenvalue weighted by molar-refractivity contribution is 6.01. The molecule has 1 saturated carbocycles. The first-order valence-corrected chi connectivity index (χ1v) is 9.98. The largest absolute Gasteiger partial charge is 0.496 e. The first-order chi connectivity index (χ1) is 13.7. The van der Waals surface area contributed by atoms with Crippen molar-refractivity contribution in [2.75, 3.05) is 25.1 Å². The number of nitrogens with one attached hydrogen (secondary N) is 1. The van der Waals surface area contributed by atoms with Crippen LogP contribution in [-0.4, -0.2) is 32.0 Å². The highest BCUT2D eigenvalue weighted by Gasteiger charge is 2.49. The van der Waals surface area contributed by atoms with E-state index in [9.17, 15) is 9.59 Å². The van der Waals surface area contributed by atoms with Gasteiger partial charge in [-0.2, -0.15) is 0 Å². The lowest BCUT2D eigenvalue weighted by molar-refractivity contribution is -0.126. The van der Waals surface area contributed by atoms with Crippen LogP contribution >= 0.6 is 0 Å². The average Bonchev–Trinajstić information content (AvgIpc) is 3.54. The van der Waals surface area contributed by atoms with Crippen LogP contribution in [0.4, 0.5) is 5.69 Å². The number of rotatable bonds is 6. The number of nitrogens with zero attached hydrogens (tertiary/aromatic N) is 1. The maximum Gasteiger partial charge on any atom is 0.230 e. The fourth-order valence-corrected chi connectivity index (χ4v) is 4.08. The van der Waals surface area contributed by atoms with Crippen LogP contribution in [0.1, 0.15) is 24.0 Å². The summed E-state index contributed by atoms with van der Waals surface area (Å²) in [5, 5.41) is 2.99. The van der Waals surface area contributed by atoms with Crippen molar-refractivity contribution < 1.29 is 14.3 Å². The molecule has 4 rings (SSSR count). The number of carbonyl (C=O) groups excluding carboxylic acids is 2. The summed E-state index contributed by atoms with van der Waals surface area (Å²) in [5.41, 5.74) is 3.31. The predicted octanol–water partition coefficient (Wildman–Crippen LogP) is 2.97. The predicted molar refractivity (Wildman–Crippen MR) is 108 cm³/mol. The van der Waals surface area contributed by atoms with Gasteiger partial charge in [0.25, 0.3) is 0 Å². The molecule has 146 valence electrons. The minimum atomic E-state index is -0.195. The van der Waals surface area contributed by atoms with Crippen LogP contribution in [-0.2, 0) is 22.4 Å². The second-order valence-electron chi connectivity index (χ2n) is 7.52. The summed E-state index contributed by atoms with van der Waals surface area (Å²) in [6.07, 6.45) is 3.35. The molecule has 0 saturated heterocycles. The van der Waals surface area contributed by atoms with Gasteiger partial charge in [-0.25, -0.2) is 0 Å². The van der Waals surface area contributed by atoms with Gasteiger partial charge in [0.15, 0.2) is 0 Å². The third-order valence-corrected chi connectivity index (χ3v) is 5.71. The minimum Gasteiger partial charge on any atom is -0.496 e. The van der Waals surface area contributed by atoms with Crippen molar-refractivity contribution in [3.63, 3.8) is 0 Å². The number of anilines is 1. The van der Waals surface area contributed by atoms with Crippen LogP contribution in [0.5, 0.6) is 5.75 Å². The van der Waals surface area contributed by atoms with Crippen molar-refractivity contribution in [1.29, 1.82) is 0 Å². The summed E-state index contributed by atoms with van der Waals surface area (Å²) in [4.78, 5) is 27.3. The van der Waals surface area contributed by atoms with Gasteiger partial charge >= 0.3 is 0 Å². The quantitative estimate of drug-likeness (QED) is 0.841. The number of carbonyl (C=O) groups is 2. The topological polar surface area (TPSA) is 58.6 Å². The van der Waals surface area contributed by atoms with Crippen molar-refractivity contribution in [1.82, 2.24) is 5.32 Å². The van der Waals surface area contributed by atoms with Gasteiger partial charge in [0, 0.05) is 18.8 Å². The second kappa shape index (κ2) is 8.05. The van der Waals surface area contributed by atoms with Crippen molar-refractivity contribution in [2.24, 2.45) is 11.8 Å². The van der Waals surface area contributed by atoms with Crippen LogP contribution in [0.3, 0.4) is 0 Å². The molecular weight excluding hydrogens is 352 g/mol. The van der Waals surface area contributed by atoms with Crippen LogP contribution in [0, 0.1) is 11.8 Å². The molecule has 0 aromatic heterocycles. The number of fused-ring (bicyclic) bond motifs is 1. The minimum absolute atomic E-state index is 0.0152. The second-order valence-corrected chi connectivity index (χ2v) is 7.52. The van der Waals surface area contributed by atoms with E-state index in [1.54, 1.807) is 7.11 Å². The summed E-state index contributed by atoms with van der Waals surface area (Å²) in [5.74, 6) is 0.534. The number of benzene rings is 2. The molecule has 1 heterocycles. The molecule has 2 aliphatic rings. The molecule has 2 aromatic rings. The molecule has 0 spiro atoms. The van der Waals surface area contributed by atoms with E-state index in [0.717, 1.165) is 36.4 Å². The molecular formula is C23H26N2O3. The van der Waals surface area contributed by atoms with Crippen LogP contribution < -0.4 is 15.0 Å². The molecule has 2 unspecified atom stereocenters. The van der Waals surface area contributed by atoms with Crippen LogP contribution in [0.15, 0.2) is 48.5 Å². The Balaban J connectivity index is 1.31. The highest BCUT2D eigenvalue weighted by atomic mass is 16.5. The maximum absolute atomic E-state index is 12.9. The zero-order valence-electron chi connectivity index (χ0n) is 16.2.